The Morgan fingerprint density at radius 3 is 1.59 bits per heavy atom. The third-order valence-electron chi connectivity index (χ3n) is 6.81. The van der Waals surface area contributed by atoms with Gasteiger partial charge in [0.25, 0.3) is 0 Å². The summed E-state index contributed by atoms with van der Waals surface area (Å²) in [6, 6.07) is 20.3. The van der Waals surface area contributed by atoms with Crippen molar-refractivity contribution >= 4 is 41.6 Å². The number of hydrogen-bond donors (Lipinski definition) is 0. The van der Waals surface area contributed by atoms with Gasteiger partial charge in [-0.05, 0) is 77.0 Å². The van der Waals surface area contributed by atoms with E-state index < -0.39 is 26.1 Å². The minimum absolute atomic E-state index is 0.0625. The lowest BCUT2D eigenvalue weighted by molar-refractivity contribution is 0.212. The molecule has 1 saturated heterocycles. The summed E-state index contributed by atoms with van der Waals surface area (Å²) < 4.78 is 67.2. The first-order valence-electron chi connectivity index (χ1n) is 11.8. The maximum atomic E-state index is 13.5. The van der Waals surface area contributed by atoms with Gasteiger partial charge in [-0.2, -0.15) is 8.61 Å². The van der Waals surface area contributed by atoms with E-state index in [0.717, 1.165) is 21.5 Å². The van der Waals surface area contributed by atoms with E-state index in [1.54, 1.807) is 69.7 Å². The SMILES string of the molecule is COc1ccc2cc(S(=O)(=O)N3CCN(S(=O)(=O)c4ccc5cc(OC)ccc5c4)C(C)C3)ccc2c1. The molecule has 8 nitrogen and oxygen atoms in total. The molecule has 1 atom stereocenters. The molecule has 1 fully saturated rings. The second-order valence-electron chi connectivity index (χ2n) is 9.08. The standard InChI is InChI=1S/C27H28N2O6S2/c1-19-18-28(36(30,31)26-10-6-20-14-24(34-2)8-4-22(20)16-26)12-13-29(19)37(32,33)27-11-7-21-15-25(35-3)9-5-23(21)17-27/h4-11,14-17,19H,12-13,18H2,1-3H3. The molecular formula is C27H28N2O6S2. The van der Waals surface area contributed by atoms with Crippen LogP contribution >= 0.6 is 0 Å². The van der Waals surface area contributed by atoms with E-state index in [1.807, 2.05) is 24.3 Å². The Bertz CT molecular complexity index is 1700. The van der Waals surface area contributed by atoms with Crippen LogP contribution in [0.5, 0.6) is 11.5 Å². The number of sulfonamides is 2. The molecule has 0 spiro atoms. The van der Waals surface area contributed by atoms with E-state index in [4.69, 9.17) is 9.47 Å². The van der Waals surface area contributed by atoms with Gasteiger partial charge in [0, 0.05) is 25.7 Å². The summed E-state index contributed by atoms with van der Waals surface area (Å²) in [4.78, 5) is 0.358. The molecule has 1 aliphatic rings. The maximum absolute atomic E-state index is 13.5. The summed E-state index contributed by atoms with van der Waals surface area (Å²) in [5, 5.41) is 3.31. The van der Waals surface area contributed by atoms with Crippen LogP contribution in [0.15, 0.2) is 82.6 Å². The fourth-order valence-electron chi connectivity index (χ4n) is 4.75. The first-order valence-corrected chi connectivity index (χ1v) is 14.7. The molecule has 194 valence electrons. The summed E-state index contributed by atoms with van der Waals surface area (Å²) >= 11 is 0. The summed E-state index contributed by atoms with van der Waals surface area (Å²) in [6.45, 7) is 1.93. The molecule has 10 heteroatoms. The Morgan fingerprint density at radius 1 is 0.649 bits per heavy atom. The molecule has 5 rings (SSSR count). The van der Waals surface area contributed by atoms with E-state index in [0.29, 0.717) is 11.5 Å². The predicted octanol–water partition coefficient (Wildman–Crippen LogP) is 4.09. The van der Waals surface area contributed by atoms with Crippen LogP contribution in [-0.4, -0.2) is 65.3 Å². The Balaban J connectivity index is 1.37. The monoisotopic (exact) mass is 540 g/mol. The smallest absolute Gasteiger partial charge is 0.243 e. The van der Waals surface area contributed by atoms with Crippen molar-refractivity contribution in [3.05, 3.63) is 72.8 Å². The molecule has 37 heavy (non-hydrogen) atoms. The van der Waals surface area contributed by atoms with Gasteiger partial charge in [0.05, 0.1) is 24.0 Å². The average Bonchev–Trinajstić information content (AvgIpc) is 2.91. The second-order valence-corrected chi connectivity index (χ2v) is 12.9. The molecule has 0 radical (unpaired) electrons. The molecule has 0 bridgehead atoms. The molecule has 0 aliphatic carbocycles. The van der Waals surface area contributed by atoms with Crippen LogP contribution in [0.3, 0.4) is 0 Å². The molecule has 0 aromatic heterocycles. The first kappa shape index (κ1) is 25.5. The van der Waals surface area contributed by atoms with Crippen molar-refractivity contribution in [1.82, 2.24) is 8.61 Å². The lowest BCUT2D eigenvalue weighted by Gasteiger charge is -2.38. The zero-order chi connectivity index (χ0) is 26.4. The quantitative estimate of drug-likeness (QED) is 0.366. The van der Waals surface area contributed by atoms with Gasteiger partial charge in [-0.15, -0.1) is 0 Å². The maximum Gasteiger partial charge on any atom is 0.243 e. The largest absolute Gasteiger partial charge is 0.497 e. The average molecular weight is 541 g/mol. The van der Waals surface area contributed by atoms with Crippen molar-refractivity contribution in [2.75, 3.05) is 33.9 Å². The third-order valence-corrected chi connectivity index (χ3v) is 10.7. The number of methoxy groups -OCH3 is 2. The van der Waals surface area contributed by atoms with E-state index in [2.05, 4.69) is 0 Å². The second kappa shape index (κ2) is 9.60. The van der Waals surface area contributed by atoms with Gasteiger partial charge in [-0.3, -0.25) is 0 Å². The molecular weight excluding hydrogens is 512 g/mol. The minimum atomic E-state index is -3.82. The molecule has 1 unspecified atom stereocenters. The van der Waals surface area contributed by atoms with Crippen LogP contribution in [0.4, 0.5) is 0 Å². The van der Waals surface area contributed by atoms with Crippen molar-refractivity contribution in [3.8, 4) is 11.5 Å². The lowest BCUT2D eigenvalue weighted by atomic mass is 10.1. The summed E-state index contributed by atoms with van der Waals surface area (Å²) in [7, 11) is -4.46. The molecule has 0 N–H and O–H groups in total. The Labute approximate surface area is 217 Å². The molecule has 0 amide bonds. The predicted molar refractivity (Wildman–Crippen MR) is 143 cm³/mol. The summed E-state index contributed by atoms with van der Waals surface area (Å²) in [6.07, 6.45) is 0. The summed E-state index contributed by atoms with van der Waals surface area (Å²) in [5.41, 5.74) is 0. The van der Waals surface area contributed by atoms with Gasteiger partial charge in [0.15, 0.2) is 0 Å². The highest BCUT2D eigenvalue weighted by atomic mass is 32.2. The van der Waals surface area contributed by atoms with Crippen molar-refractivity contribution in [1.29, 1.82) is 0 Å². The van der Waals surface area contributed by atoms with E-state index >= 15 is 0 Å². The molecule has 4 aromatic carbocycles. The molecule has 1 heterocycles. The van der Waals surface area contributed by atoms with E-state index in [1.165, 1.54) is 8.61 Å². The molecule has 1 aliphatic heterocycles. The zero-order valence-electron chi connectivity index (χ0n) is 20.8. The number of hydrogen-bond acceptors (Lipinski definition) is 6. The van der Waals surface area contributed by atoms with Crippen molar-refractivity contribution < 1.29 is 26.3 Å². The topological polar surface area (TPSA) is 93.2 Å². The summed E-state index contributed by atoms with van der Waals surface area (Å²) in [5.74, 6) is 1.39. The van der Waals surface area contributed by atoms with Crippen LogP contribution in [0, 0.1) is 0 Å². The Morgan fingerprint density at radius 2 is 1.11 bits per heavy atom. The number of fused-ring (bicyclic) bond motifs is 2. The van der Waals surface area contributed by atoms with Crippen LogP contribution in [0.1, 0.15) is 6.92 Å². The van der Waals surface area contributed by atoms with Crippen LogP contribution < -0.4 is 9.47 Å². The van der Waals surface area contributed by atoms with Gasteiger partial charge >= 0.3 is 0 Å². The van der Waals surface area contributed by atoms with Crippen molar-refractivity contribution in [2.45, 2.75) is 22.8 Å². The van der Waals surface area contributed by atoms with Crippen molar-refractivity contribution in [2.24, 2.45) is 0 Å². The number of ether oxygens (including phenoxy) is 2. The van der Waals surface area contributed by atoms with Gasteiger partial charge in [-0.25, -0.2) is 16.8 Å². The van der Waals surface area contributed by atoms with E-state index in [-0.39, 0.29) is 29.4 Å². The molecule has 0 saturated carbocycles. The highest BCUT2D eigenvalue weighted by Crippen LogP contribution is 2.30. The number of rotatable bonds is 6. The number of piperazine rings is 1. The van der Waals surface area contributed by atoms with Gasteiger partial charge in [-0.1, -0.05) is 24.3 Å². The number of benzene rings is 4. The highest BCUT2D eigenvalue weighted by Gasteiger charge is 2.38. The first-order chi connectivity index (χ1) is 17.6. The number of nitrogens with zero attached hydrogens (tertiary/aromatic N) is 2. The van der Waals surface area contributed by atoms with Gasteiger partial charge in [0.2, 0.25) is 20.0 Å². The van der Waals surface area contributed by atoms with Gasteiger partial charge in [0.1, 0.15) is 11.5 Å². The normalized spacial score (nSPS) is 17.8. The van der Waals surface area contributed by atoms with Gasteiger partial charge < -0.3 is 9.47 Å². The van der Waals surface area contributed by atoms with E-state index in [9.17, 15) is 16.8 Å². The Hall–Kier alpha value is -3.18. The minimum Gasteiger partial charge on any atom is -0.497 e. The van der Waals surface area contributed by atoms with Crippen molar-refractivity contribution in [3.63, 3.8) is 0 Å². The van der Waals surface area contributed by atoms with Crippen LogP contribution in [0.2, 0.25) is 0 Å². The van der Waals surface area contributed by atoms with Crippen LogP contribution in [-0.2, 0) is 20.0 Å². The molecule has 4 aromatic rings. The highest BCUT2D eigenvalue weighted by molar-refractivity contribution is 7.89. The Kier molecular flexibility index (Phi) is 6.61. The fourth-order valence-corrected chi connectivity index (χ4v) is 7.94. The fraction of sp³-hybridized carbons (Fsp3) is 0.259. The lowest BCUT2D eigenvalue weighted by Crippen LogP contribution is -2.55. The van der Waals surface area contributed by atoms with Crippen LogP contribution in [0.25, 0.3) is 21.5 Å². The zero-order valence-corrected chi connectivity index (χ0v) is 22.4. The third kappa shape index (κ3) is 4.66.